The Balaban J connectivity index is 1.44. The van der Waals surface area contributed by atoms with Crippen LogP contribution in [0.15, 0.2) is 87.1 Å². The Morgan fingerprint density at radius 3 is 2.47 bits per heavy atom. The highest BCUT2D eigenvalue weighted by Gasteiger charge is 2.56. The van der Waals surface area contributed by atoms with Gasteiger partial charge in [0.15, 0.2) is 0 Å². The van der Waals surface area contributed by atoms with E-state index in [1.807, 2.05) is 48.5 Å². The van der Waals surface area contributed by atoms with Crippen molar-refractivity contribution >= 4 is 56.5 Å². The summed E-state index contributed by atoms with van der Waals surface area (Å²) >= 11 is 5.89. The number of methoxy groups -OCH3 is 1. The van der Waals surface area contributed by atoms with Gasteiger partial charge in [-0.25, -0.2) is 4.90 Å². The second kappa shape index (κ2) is 10.1. The third kappa shape index (κ3) is 4.36. The molecule has 4 aromatic rings. The monoisotopic (exact) mass is 608 g/mol. The van der Waals surface area contributed by atoms with Crippen molar-refractivity contribution in [3.8, 4) is 11.5 Å². The van der Waals surface area contributed by atoms with E-state index in [2.05, 4.69) is 20.9 Å². The van der Waals surface area contributed by atoms with Gasteiger partial charge >= 0.3 is 4.87 Å². The maximum absolute atomic E-state index is 14.0. The summed E-state index contributed by atoms with van der Waals surface area (Å²) in [6, 6.07) is 22.3. The lowest BCUT2D eigenvalue weighted by molar-refractivity contribution is -0.122. The first kappa shape index (κ1) is 25.0. The van der Waals surface area contributed by atoms with Gasteiger partial charge in [0.25, 0.3) is 0 Å². The van der Waals surface area contributed by atoms with Gasteiger partial charge in [-0.1, -0.05) is 69.4 Å². The largest absolute Gasteiger partial charge is 0.497 e. The summed E-state index contributed by atoms with van der Waals surface area (Å²) in [5, 5.41) is -0.0636. The van der Waals surface area contributed by atoms with Crippen LogP contribution in [0, 0.1) is 5.92 Å². The van der Waals surface area contributed by atoms with E-state index in [-0.39, 0.29) is 16.7 Å². The van der Waals surface area contributed by atoms with Crippen molar-refractivity contribution in [3.05, 3.63) is 103 Å². The van der Waals surface area contributed by atoms with Crippen molar-refractivity contribution in [3.63, 3.8) is 0 Å². The maximum Gasteiger partial charge on any atom is 0.305 e. The predicted octanol–water partition coefficient (Wildman–Crippen LogP) is 5.58. The number of hydrogen-bond acceptors (Lipinski definition) is 7. The van der Waals surface area contributed by atoms with Crippen molar-refractivity contribution in [2.45, 2.75) is 22.8 Å². The van der Waals surface area contributed by atoms with Crippen LogP contribution < -0.4 is 19.2 Å². The number of carbonyl (C=O) groups excluding carboxylic acids is 2. The first-order valence-corrected chi connectivity index (χ1v) is 14.3. The van der Waals surface area contributed by atoms with Crippen molar-refractivity contribution < 1.29 is 19.1 Å². The zero-order chi connectivity index (χ0) is 26.4. The molecule has 3 unspecified atom stereocenters. The predicted molar refractivity (Wildman–Crippen MR) is 150 cm³/mol. The normalized spacial score (nSPS) is 20.3. The summed E-state index contributed by atoms with van der Waals surface area (Å²) < 4.78 is 12.3. The van der Waals surface area contributed by atoms with Gasteiger partial charge in [-0.2, -0.15) is 0 Å². The highest BCUT2D eigenvalue weighted by molar-refractivity contribution is 9.10. The minimum absolute atomic E-state index is 0.221. The molecule has 1 N–H and O–H groups in total. The molecule has 0 radical (unpaired) electrons. The Morgan fingerprint density at radius 2 is 1.74 bits per heavy atom. The number of thiazole rings is 1. The molecule has 0 bridgehead atoms. The van der Waals surface area contributed by atoms with E-state index in [1.165, 1.54) is 16.7 Å². The smallest absolute Gasteiger partial charge is 0.305 e. The number of halogens is 1. The van der Waals surface area contributed by atoms with Crippen LogP contribution in [0.4, 0.5) is 5.69 Å². The fraction of sp³-hybridized carbons (Fsp3) is 0.179. The molecule has 3 heterocycles. The van der Waals surface area contributed by atoms with Gasteiger partial charge in [0.05, 0.1) is 23.7 Å². The third-order valence-electron chi connectivity index (χ3n) is 6.70. The standard InChI is InChI=1S/C28H21BrN2O5S2/c1-35-18-10-8-17(9-11-18)31-26(32)22-21(23-25(30-28(34)38-23)37-24(22)27(31)33)19-13-16(29)7-12-20(19)36-14-15-5-3-2-4-6-15/h2-13,21-22,24H,14H2,1H3,(H,30,34). The number of thioether (sulfide) groups is 1. The van der Waals surface area contributed by atoms with Gasteiger partial charge in [-0.05, 0) is 48.0 Å². The summed E-state index contributed by atoms with van der Waals surface area (Å²) in [6.45, 7) is 0.339. The van der Waals surface area contributed by atoms with Crippen molar-refractivity contribution in [2.24, 2.45) is 5.92 Å². The number of aromatic amines is 1. The number of fused-ring (bicyclic) bond motifs is 2. The first-order chi connectivity index (χ1) is 18.4. The van der Waals surface area contributed by atoms with Gasteiger partial charge in [0, 0.05) is 20.8 Å². The van der Waals surface area contributed by atoms with E-state index in [9.17, 15) is 14.4 Å². The molecular weight excluding hydrogens is 588 g/mol. The first-order valence-electron chi connectivity index (χ1n) is 11.8. The molecule has 1 aromatic heterocycles. The second-order valence-electron chi connectivity index (χ2n) is 8.92. The fourth-order valence-corrected chi connectivity index (χ4v) is 7.85. The van der Waals surface area contributed by atoms with Crippen LogP contribution in [0.1, 0.15) is 21.9 Å². The van der Waals surface area contributed by atoms with E-state index in [1.54, 1.807) is 31.4 Å². The molecule has 1 saturated heterocycles. The van der Waals surface area contributed by atoms with Gasteiger partial charge in [-0.15, -0.1) is 0 Å². The quantitative estimate of drug-likeness (QED) is 0.287. The molecule has 2 amide bonds. The van der Waals surface area contributed by atoms with Gasteiger partial charge < -0.3 is 14.5 Å². The minimum atomic E-state index is -0.707. The number of nitrogens with zero attached hydrogens (tertiary/aromatic N) is 1. The molecule has 38 heavy (non-hydrogen) atoms. The van der Waals surface area contributed by atoms with Crippen LogP contribution in [-0.2, 0) is 16.2 Å². The molecule has 6 rings (SSSR count). The van der Waals surface area contributed by atoms with Gasteiger partial charge in [-0.3, -0.25) is 14.4 Å². The van der Waals surface area contributed by atoms with Crippen molar-refractivity contribution in [1.82, 2.24) is 4.98 Å². The van der Waals surface area contributed by atoms with Gasteiger partial charge in [0.1, 0.15) is 23.4 Å². The fourth-order valence-electron chi connectivity index (χ4n) is 4.97. The molecule has 0 spiro atoms. The van der Waals surface area contributed by atoms with Crippen LogP contribution in [0.2, 0.25) is 0 Å². The van der Waals surface area contributed by atoms with E-state index >= 15 is 0 Å². The molecule has 7 nitrogen and oxygen atoms in total. The Bertz CT molecular complexity index is 1590. The number of aromatic nitrogens is 1. The SMILES string of the molecule is COc1ccc(N2C(=O)C3Sc4[nH]c(=O)sc4C(c4cc(Br)ccc4OCc4ccccc4)C3C2=O)cc1. The number of amides is 2. The van der Waals surface area contributed by atoms with Crippen LogP contribution in [-0.4, -0.2) is 29.2 Å². The van der Waals surface area contributed by atoms with Crippen molar-refractivity contribution in [1.29, 1.82) is 0 Å². The minimum Gasteiger partial charge on any atom is -0.497 e. The molecule has 0 aliphatic carbocycles. The Kier molecular flexibility index (Phi) is 6.63. The molecule has 2 aliphatic rings. The number of H-pyrrole nitrogens is 1. The lowest BCUT2D eigenvalue weighted by Crippen LogP contribution is -2.32. The highest BCUT2D eigenvalue weighted by Crippen LogP contribution is 2.54. The number of rotatable bonds is 6. The van der Waals surface area contributed by atoms with Crippen molar-refractivity contribution in [2.75, 3.05) is 12.0 Å². The molecule has 1 fully saturated rings. The number of nitrogens with one attached hydrogen (secondary N) is 1. The average Bonchev–Trinajstić information content (AvgIpc) is 3.42. The molecule has 0 saturated carbocycles. The Hall–Kier alpha value is -3.34. The van der Waals surface area contributed by atoms with E-state index in [4.69, 9.17) is 9.47 Å². The van der Waals surface area contributed by atoms with Crippen LogP contribution >= 0.6 is 39.0 Å². The average molecular weight is 610 g/mol. The number of carbonyl (C=O) groups is 2. The van der Waals surface area contributed by atoms with Crippen LogP contribution in [0.5, 0.6) is 11.5 Å². The second-order valence-corrected chi connectivity index (χ2v) is 12.0. The van der Waals surface area contributed by atoms with Crippen LogP contribution in [0.25, 0.3) is 0 Å². The lowest BCUT2D eigenvalue weighted by Gasteiger charge is -2.31. The number of imide groups is 1. The summed E-state index contributed by atoms with van der Waals surface area (Å²) in [6.07, 6.45) is 0. The zero-order valence-electron chi connectivity index (χ0n) is 20.1. The summed E-state index contributed by atoms with van der Waals surface area (Å²) in [5.74, 6) is -0.623. The van der Waals surface area contributed by atoms with Crippen LogP contribution in [0.3, 0.4) is 0 Å². The van der Waals surface area contributed by atoms with E-state index < -0.39 is 17.1 Å². The third-order valence-corrected chi connectivity index (χ3v) is 9.59. The summed E-state index contributed by atoms with van der Waals surface area (Å²) in [7, 11) is 1.56. The topological polar surface area (TPSA) is 88.7 Å². The zero-order valence-corrected chi connectivity index (χ0v) is 23.3. The molecule has 10 heteroatoms. The molecule has 2 aliphatic heterocycles. The molecule has 192 valence electrons. The summed E-state index contributed by atoms with van der Waals surface area (Å²) in [5.41, 5.74) is 2.24. The number of anilines is 1. The van der Waals surface area contributed by atoms with E-state index in [0.717, 1.165) is 31.8 Å². The Labute approximate surface area is 234 Å². The number of benzene rings is 3. The van der Waals surface area contributed by atoms with E-state index in [0.29, 0.717) is 28.8 Å². The maximum atomic E-state index is 14.0. The van der Waals surface area contributed by atoms with Gasteiger partial charge in [0.2, 0.25) is 11.8 Å². The number of hydrogen-bond donors (Lipinski definition) is 1. The summed E-state index contributed by atoms with van der Waals surface area (Å²) in [4.78, 5) is 44.8. The lowest BCUT2D eigenvalue weighted by atomic mass is 9.82. The number of ether oxygens (including phenoxy) is 2. The highest BCUT2D eigenvalue weighted by atomic mass is 79.9. The molecule has 3 aromatic carbocycles. The molecule has 3 atom stereocenters. The Morgan fingerprint density at radius 1 is 0.974 bits per heavy atom. The molecular formula is C28H21BrN2O5S2.